The molecule has 6 heteroatoms. The number of nitrogens with one attached hydrogen (secondary N) is 1. The molecule has 1 amide bonds. The molecule has 0 spiro atoms. The molecule has 0 bridgehead atoms. The Morgan fingerprint density at radius 2 is 1.87 bits per heavy atom. The second kappa shape index (κ2) is 7.81. The van der Waals surface area contributed by atoms with Gasteiger partial charge in [-0.3, -0.25) is 4.90 Å². The van der Waals surface area contributed by atoms with Crippen LogP contribution in [0.3, 0.4) is 0 Å². The van der Waals surface area contributed by atoms with Gasteiger partial charge in [0.15, 0.2) is 0 Å². The van der Waals surface area contributed by atoms with Gasteiger partial charge in [0.1, 0.15) is 5.60 Å². The quantitative estimate of drug-likeness (QED) is 0.828. The zero-order chi connectivity index (χ0) is 17.0. The third kappa shape index (κ3) is 5.62. The summed E-state index contributed by atoms with van der Waals surface area (Å²) in [6, 6.07) is 0.595. The molecule has 3 unspecified atom stereocenters. The fraction of sp³-hybridized carbons (Fsp3) is 0.941. The van der Waals surface area contributed by atoms with Crippen molar-refractivity contribution in [2.24, 2.45) is 0 Å². The summed E-state index contributed by atoms with van der Waals surface area (Å²) >= 11 is 0. The number of nitrogens with zero attached hydrogens (tertiary/aromatic N) is 1. The lowest BCUT2D eigenvalue weighted by Gasteiger charge is -2.44. The molecule has 134 valence electrons. The molecule has 23 heavy (non-hydrogen) atoms. The Kier molecular flexibility index (Phi) is 6.28. The van der Waals surface area contributed by atoms with Gasteiger partial charge >= 0.3 is 6.09 Å². The summed E-state index contributed by atoms with van der Waals surface area (Å²) < 4.78 is 10.8. The Bertz CT molecular complexity index is 391. The summed E-state index contributed by atoms with van der Waals surface area (Å²) in [5, 5.41) is 13.1. The molecular formula is C17H32N2O4. The second-order valence-electron chi connectivity index (χ2n) is 7.80. The van der Waals surface area contributed by atoms with E-state index in [1.807, 2.05) is 20.8 Å². The van der Waals surface area contributed by atoms with Gasteiger partial charge in [-0.05, 0) is 59.9 Å². The van der Waals surface area contributed by atoms with Gasteiger partial charge in [0.2, 0.25) is 0 Å². The van der Waals surface area contributed by atoms with E-state index in [9.17, 15) is 9.90 Å². The summed E-state index contributed by atoms with van der Waals surface area (Å²) in [5.74, 6) is 0. The summed E-state index contributed by atoms with van der Waals surface area (Å²) in [7, 11) is 2.10. The van der Waals surface area contributed by atoms with E-state index in [4.69, 9.17) is 9.47 Å². The molecule has 1 aliphatic heterocycles. The Labute approximate surface area is 139 Å². The number of rotatable bonds is 3. The van der Waals surface area contributed by atoms with Crippen molar-refractivity contribution in [3.63, 3.8) is 0 Å². The Morgan fingerprint density at radius 3 is 2.48 bits per heavy atom. The first-order valence-electron chi connectivity index (χ1n) is 8.73. The lowest BCUT2D eigenvalue weighted by molar-refractivity contribution is -0.0103. The van der Waals surface area contributed by atoms with Crippen molar-refractivity contribution in [3.8, 4) is 0 Å². The van der Waals surface area contributed by atoms with Crippen molar-refractivity contribution in [1.29, 1.82) is 0 Å². The lowest BCUT2D eigenvalue weighted by atomic mass is 9.86. The van der Waals surface area contributed by atoms with Crippen LogP contribution in [0.2, 0.25) is 0 Å². The van der Waals surface area contributed by atoms with Gasteiger partial charge < -0.3 is 19.9 Å². The highest BCUT2D eigenvalue weighted by Crippen LogP contribution is 2.27. The van der Waals surface area contributed by atoms with Crippen LogP contribution in [0.1, 0.15) is 52.9 Å². The maximum atomic E-state index is 12.1. The van der Waals surface area contributed by atoms with E-state index in [0.29, 0.717) is 12.5 Å². The summed E-state index contributed by atoms with van der Waals surface area (Å²) in [5.41, 5.74) is -0.500. The molecule has 3 atom stereocenters. The van der Waals surface area contributed by atoms with Crippen molar-refractivity contribution in [3.05, 3.63) is 0 Å². The van der Waals surface area contributed by atoms with E-state index < -0.39 is 5.60 Å². The van der Waals surface area contributed by atoms with Crippen LogP contribution in [-0.4, -0.2) is 66.2 Å². The van der Waals surface area contributed by atoms with E-state index in [2.05, 4.69) is 17.3 Å². The molecule has 0 aromatic carbocycles. The number of ether oxygens (including phenoxy) is 2. The second-order valence-corrected chi connectivity index (χ2v) is 7.80. The third-order valence-corrected chi connectivity index (χ3v) is 4.78. The minimum Gasteiger partial charge on any atom is -0.444 e. The van der Waals surface area contributed by atoms with Crippen molar-refractivity contribution in [2.75, 3.05) is 20.3 Å². The predicted molar refractivity (Wildman–Crippen MR) is 88.4 cm³/mol. The van der Waals surface area contributed by atoms with Crippen LogP contribution >= 0.6 is 0 Å². The van der Waals surface area contributed by atoms with Crippen LogP contribution in [0, 0.1) is 0 Å². The zero-order valence-electron chi connectivity index (χ0n) is 14.9. The van der Waals surface area contributed by atoms with E-state index in [-0.39, 0.29) is 24.3 Å². The van der Waals surface area contributed by atoms with Gasteiger partial charge in [-0.25, -0.2) is 4.79 Å². The van der Waals surface area contributed by atoms with Crippen molar-refractivity contribution < 1.29 is 19.4 Å². The molecule has 2 rings (SSSR count). The maximum Gasteiger partial charge on any atom is 0.407 e. The molecule has 0 radical (unpaired) electrons. The molecule has 6 nitrogen and oxygen atoms in total. The smallest absolute Gasteiger partial charge is 0.407 e. The van der Waals surface area contributed by atoms with Crippen LogP contribution < -0.4 is 5.32 Å². The summed E-state index contributed by atoms with van der Waals surface area (Å²) in [6.07, 6.45) is 3.53. The summed E-state index contributed by atoms with van der Waals surface area (Å²) in [6.45, 7) is 7.16. The Morgan fingerprint density at radius 1 is 1.22 bits per heavy atom. The van der Waals surface area contributed by atoms with Gasteiger partial charge in [-0.1, -0.05) is 0 Å². The van der Waals surface area contributed by atoms with Gasteiger partial charge in [-0.15, -0.1) is 0 Å². The van der Waals surface area contributed by atoms with E-state index in [0.717, 1.165) is 38.9 Å². The predicted octanol–water partition coefficient (Wildman–Crippen LogP) is 1.90. The third-order valence-electron chi connectivity index (χ3n) is 4.78. The molecule has 1 saturated carbocycles. The SMILES string of the molecule is CN(C1CCOCC1)C1CC(O)CCC1NC(=O)OC(C)(C)C. The van der Waals surface area contributed by atoms with Crippen LogP contribution in [0.5, 0.6) is 0 Å². The number of hydrogen-bond acceptors (Lipinski definition) is 5. The monoisotopic (exact) mass is 328 g/mol. The van der Waals surface area contributed by atoms with Crippen molar-refractivity contribution >= 4 is 6.09 Å². The highest BCUT2D eigenvalue weighted by molar-refractivity contribution is 5.68. The molecule has 2 fully saturated rings. The Balaban J connectivity index is 1.98. The van der Waals surface area contributed by atoms with Crippen LogP contribution in [0.25, 0.3) is 0 Å². The first-order valence-corrected chi connectivity index (χ1v) is 8.73. The Hall–Kier alpha value is -0.850. The van der Waals surface area contributed by atoms with E-state index in [1.54, 1.807) is 0 Å². The molecule has 0 aromatic rings. The number of hydrogen-bond donors (Lipinski definition) is 2. The minimum absolute atomic E-state index is 0.0149. The highest BCUT2D eigenvalue weighted by Gasteiger charge is 2.37. The molecule has 1 heterocycles. The molecule has 2 aliphatic rings. The number of amides is 1. The van der Waals surface area contributed by atoms with Gasteiger partial charge in [-0.2, -0.15) is 0 Å². The lowest BCUT2D eigenvalue weighted by Crippen LogP contribution is -2.57. The van der Waals surface area contributed by atoms with E-state index in [1.165, 1.54) is 0 Å². The molecule has 1 aliphatic carbocycles. The maximum absolute atomic E-state index is 12.1. The van der Waals surface area contributed by atoms with Crippen molar-refractivity contribution in [2.45, 2.75) is 82.7 Å². The molecule has 2 N–H and O–H groups in total. The highest BCUT2D eigenvalue weighted by atomic mass is 16.6. The first kappa shape index (κ1) is 18.5. The number of carbonyl (C=O) groups excluding carboxylic acids is 1. The van der Waals surface area contributed by atoms with Crippen LogP contribution in [0.4, 0.5) is 4.79 Å². The number of alkyl carbamates (subject to hydrolysis) is 1. The molecule has 0 aromatic heterocycles. The van der Waals surface area contributed by atoms with Gasteiger partial charge in [0.05, 0.1) is 6.10 Å². The van der Waals surface area contributed by atoms with Gasteiger partial charge in [0.25, 0.3) is 0 Å². The number of likely N-dealkylation sites (N-methyl/N-ethyl adjacent to an activating group) is 1. The van der Waals surface area contributed by atoms with Gasteiger partial charge in [0, 0.05) is 31.3 Å². The average Bonchev–Trinajstić information content (AvgIpc) is 2.47. The molecule has 1 saturated heterocycles. The van der Waals surface area contributed by atoms with Crippen molar-refractivity contribution in [1.82, 2.24) is 10.2 Å². The van der Waals surface area contributed by atoms with Crippen LogP contribution in [-0.2, 0) is 9.47 Å². The minimum atomic E-state index is -0.500. The number of carbonyl (C=O) groups is 1. The number of aliphatic hydroxyl groups is 1. The largest absolute Gasteiger partial charge is 0.444 e. The first-order chi connectivity index (χ1) is 10.8. The fourth-order valence-corrected chi connectivity index (χ4v) is 3.57. The normalized spacial score (nSPS) is 30.3. The topological polar surface area (TPSA) is 71.0 Å². The number of aliphatic hydroxyl groups excluding tert-OH is 1. The molecular weight excluding hydrogens is 296 g/mol. The van der Waals surface area contributed by atoms with E-state index >= 15 is 0 Å². The standard InChI is InChI=1S/C17H32N2O4/c1-17(2,3)23-16(21)18-14-6-5-13(20)11-15(14)19(4)12-7-9-22-10-8-12/h12-15,20H,5-11H2,1-4H3,(H,18,21). The zero-order valence-corrected chi connectivity index (χ0v) is 14.9. The summed E-state index contributed by atoms with van der Waals surface area (Å²) in [4.78, 5) is 14.4. The van der Waals surface area contributed by atoms with Crippen LogP contribution in [0.15, 0.2) is 0 Å². The average molecular weight is 328 g/mol. The fourth-order valence-electron chi connectivity index (χ4n) is 3.57.